The number of hydrogen-bond acceptors (Lipinski definition) is 3. The molecule has 1 unspecified atom stereocenters. The van der Waals surface area contributed by atoms with Gasteiger partial charge in [-0.3, -0.25) is 9.59 Å². The number of rotatable bonds is 8. The Morgan fingerprint density at radius 1 is 1.11 bits per heavy atom. The Kier molecular flexibility index (Phi) is 7.06. The Bertz CT molecular complexity index is 819. The van der Waals surface area contributed by atoms with Crippen LogP contribution in [-0.4, -0.2) is 25.0 Å². The lowest BCUT2D eigenvalue weighted by Crippen LogP contribution is -2.32. The van der Waals surface area contributed by atoms with Crippen molar-refractivity contribution in [2.75, 3.05) is 13.2 Å². The van der Waals surface area contributed by atoms with Crippen LogP contribution < -0.4 is 15.4 Å². The fourth-order valence-electron chi connectivity index (χ4n) is 3.65. The number of amides is 2. The zero-order valence-corrected chi connectivity index (χ0v) is 16.4. The molecule has 1 aliphatic carbocycles. The van der Waals surface area contributed by atoms with Crippen LogP contribution in [0.5, 0.6) is 5.75 Å². The Balaban J connectivity index is 1.43. The van der Waals surface area contributed by atoms with Crippen molar-refractivity contribution in [3.8, 4) is 5.75 Å². The van der Waals surface area contributed by atoms with E-state index in [9.17, 15) is 9.59 Å². The molecule has 0 saturated carbocycles. The number of nitrogens with one attached hydrogen (secondary N) is 2. The minimum atomic E-state index is -0.175. The maximum Gasteiger partial charge on any atom is 0.255 e. The Morgan fingerprint density at radius 2 is 1.89 bits per heavy atom. The second-order valence-electron chi connectivity index (χ2n) is 7.00. The first-order valence-electron chi connectivity index (χ1n) is 10.1. The van der Waals surface area contributed by atoms with E-state index in [0.717, 1.165) is 19.3 Å². The van der Waals surface area contributed by atoms with Crippen molar-refractivity contribution in [1.82, 2.24) is 10.6 Å². The average molecular weight is 380 g/mol. The van der Waals surface area contributed by atoms with Crippen molar-refractivity contribution >= 4 is 11.8 Å². The first-order valence-corrected chi connectivity index (χ1v) is 10.1. The Labute approximate surface area is 166 Å². The molecule has 0 radical (unpaired) electrons. The van der Waals surface area contributed by atoms with E-state index in [2.05, 4.69) is 28.8 Å². The van der Waals surface area contributed by atoms with Gasteiger partial charge in [-0.05, 0) is 55.9 Å². The summed E-state index contributed by atoms with van der Waals surface area (Å²) in [6.07, 6.45) is 4.15. The number of para-hydroxylation sites is 1. The number of aryl methyl sites for hydroxylation is 1. The summed E-state index contributed by atoms with van der Waals surface area (Å²) in [6, 6.07) is 15.6. The van der Waals surface area contributed by atoms with Crippen molar-refractivity contribution in [1.29, 1.82) is 0 Å². The first kappa shape index (κ1) is 19.9. The molecule has 0 spiro atoms. The SMILES string of the molecule is CCOc1ccccc1C(=O)NCCCC(=O)NC1CCCc2ccccc21. The lowest BCUT2D eigenvalue weighted by Gasteiger charge is -2.26. The van der Waals surface area contributed by atoms with Gasteiger partial charge in [0.2, 0.25) is 5.91 Å². The zero-order valence-electron chi connectivity index (χ0n) is 16.4. The maximum absolute atomic E-state index is 12.3. The van der Waals surface area contributed by atoms with E-state index in [1.807, 2.05) is 25.1 Å². The molecule has 0 bridgehead atoms. The maximum atomic E-state index is 12.3. The molecule has 0 fully saturated rings. The van der Waals surface area contributed by atoms with E-state index < -0.39 is 0 Å². The highest BCUT2D eigenvalue weighted by Gasteiger charge is 2.21. The Hall–Kier alpha value is -2.82. The second kappa shape index (κ2) is 9.93. The molecular formula is C23H28N2O3. The minimum Gasteiger partial charge on any atom is -0.493 e. The fourth-order valence-corrected chi connectivity index (χ4v) is 3.65. The van der Waals surface area contributed by atoms with Crippen LogP contribution in [0.15, 0.2) is 48.5 Å². The molecule has 2 aromatic rings. The third kappa shape index (κ3) is 5.12. The summed E-state index contributed by atoms with van der Waals surface area (Å²) in [7, 11) is 0. The van der Waals surface area contributed by atoms with Crippen LogP contribution in [0.3, 0.4) is 0 Å². The highest BCUT2D eigenvalue weighted by atomic mass is 16.5. The number of ether oxygens (including phenoxy) is 1. The number of fused-ring (bicyclic) bond motifs is 1. The lowest BCUT2D eigenvalue weighted by molar-refractivity contribution is -0.122. The van der Waals surface area contributed by atoms with Gasteiger partial charge in [0.15, 0.2) is 0 Å². The van der Waals surface area contributed by atoms with E-state index in [-0.39, 0.29) is 17.9 Å². The summed E-state index contributed by atoms with van der Waals surface area (Å²) in [5.74, 6) is 0.438. The lowest BCUT2D eigenvalue weighted by atomic mass is 9.87. The van der Waals surface area contributed by atoms with Crippen LogP contribution >= 0.6 is 0 Å². The summed E-state index contributed by atoms with van der Waals surface area (Å²) in [4.78, 5) is 24.7. The van der Waals surface area contributed by atoms with Crippen molar-refractivity contribution in [3.05, 3.63) is 65.2 Å². The number of carbonyl (C=O) groups is 2. The quantitative estimate of drug-likeness (QED) is 0.685. The predicted octanol–water partition coefficient (Wildman–Crippen LogP) is 3.79. The molecule has 5 nitrogen and oxygen atoms in total. The molecule has 2 amide bonds. The standard InChI is InChI=1S/C23H28N2O3/c1-2-28-21-14-6-5-12-19(21)23(27)24-16-8-15-22(26)25-20-13-7-10-17-9-3-4-11-18(17)20/h3-6,9,11-12,14,20H,2,7-8,10,13,15-16H2,1H3,(H,24,27)(H,25,26). The van der Waals surface area contributed by atoms with Crippen LogP contribution in [0.25, 0.3) is 0 Å². The topological polar surface area (TPSA) is 67.4 Å². The number of benzene rings is 2. The van der Waals surface area contributed by atoms with E-state index in [1.54, 1.807) is 12.1 Å². The first-order chi connectivity index (χ1) is 13.7. The van der Waals surface area contributed by atoms with Gasteiger partial charge >= 0.3 is 0 Å². The molecule has 0 aliphatic heterocycles. The molecular weight excluding hydrogens is 352 g/mol. The summed E-state index contributed by atoms with van der Waals surface area (Å²) < 4.78 is 5.49. The summed E-state index contributed by atoms with van der Waals surface area (Å²) >= 11 is 0. The second-order valence-corrected chi connectivity index (χ2v) is 7.00. The third-order valence-corrected chi connectivity index (χ3v) is 5.00. The smallest absolute Gasteiger partial charge is 0.255 e. The number of hydrogen-bond donors (Lipinski definition) is 2. The summed E-state index contributed by atoms with van der Waals surface area (Å²) in [5, 5.41) is 6.02. The van der Waals surface area contributed by atoms with E-state index in [1.165, 1.54) is 11.1 Å². The average Bonchev–Trinajstić information content (AvgIpc) is 2.72. The monoisotopic (exact) mass is 380 g/mol. The van der Waals surface area contributed by atoms with Gasteiger partial charge in [0.25, 0.3) is 5.91 Å². The van der Waals surface area contributed by atoms with E-state index >= 15 is 0 Å². The zero-order chi connectivity index (χ0) is 19.8. The van der Waals surface area contributed by atoms with Gasteiger partial charge in [-0.25, -0.2) is 0 Å². The van der Waals surface area contributed by atoms with Gasteiger partial charge in [-0.15, -0.1) is 0 Å². The van der Waals surface area contributed by atoms with Crippen molar-refractivity contribution < 1.29 is 14.3 Å². The molecule has 0 heterocycles. The van der Waals surface area contributed by atoms with Crippen LogP contribution in [0.1, 0.15) is 60.1 Å². The molecule has 2 N–H and O–H groups in total. The van der Waals surface area contributed by atoms with Crippen LogP contribution in [-0.2, 0) is 11.2 Å². The van der Waals surface area contributed by atoms with Gasteiger partial charge in [0.1, 0.15) is 5.75 Å². The van der Waals surface area contributed by atoms with Gasteiger partial charge in [-0.1, -0.05) is 36.4 Å². The predicted molar refractivity (Wildman–Crippen MR) is 109 cm³/mol. The molecule has 2 aromatic carbocycles. The van der Waals surface area contributed by atoms with Crippen LogP contribution in [0.4, 0.5) is 0 Å². The number of carbonyl (C=O) groups excluding carboxylic acids is 2. The molecule has 28 heavy (non-hydrogen) atoms. The molecule has 1 aliphatic rings. The van der Waals surface area contributed by atoms with E-state index in [0.29, 0.717) is 37.3 Å². The summed E-state index contributed by atoms with van der Waals surface area (Å²) in [6.45, 7) is 2.85. The highest BCUT2D eigenvalue weighted by Crippen LogP contribution is 2.29. The molecule has 5 heteroatoms. The van der Waals surface area contributed by atoms with Gasteiger partial charge in [-0.2, -0.15) is 0 Å². The van der Waals surface area contributed by atoms with Crippen LogP contribution in [0.2, 0.25) is 0 Å². The van der Waals surface area contributed by atoms with Gasteiger partial charge in [0, 0.05) is 13.0 Å². The minimum absolute atomic E-state index is 0.0330. The Morgan fingerprint density at radius 3 is 2.75 bits per heavy atom. The molecule has 148 valence electrons. The fraction of sp³-hybridized carbons (Fsp3) is 0.391. The van der Waals surface area contributed by atoms with E-state index in [4.69, 9.17) is 4.74 Å². The van der Waals surface area contributed by atoms with Gasteiger partial charge in [0.05, 0.1) is 18.2 Å². The van der Waals surface area contributed by atoms with Crippen LogP contribution in [0, 0.1) is 0 Å². The largest absolute Gasteiger partial charge is 0.493 e. The normalized spacial score (nSPS) is 15.4. The van der Waals surface area contributed by atoms with Crippen molar-refractivity contribution in [3.63, 3.8) is 0 Å². The molecule has 3 rings (SSSR count). The molecule has 0 aromatic heterocycles. The van der Waals surface area contributed by atoms with Gasteiger partial charge < -0.3 is 15.4 Å². The summed E-state index contributed by atoms with van der Waals surface area (Å²) in [5.41, 5.74) is 3.09. The highest BCUT2D eigenvalue weighted by molar-refractivity contribution is 5.96. The molecule has 1 atom stereocenters. The third-order valence-electron chi connectivity index (χ3n) is 5.00. The molecule has 0 saturated heterocycles. The van der Waals surface area contributed by atoms with Crippen molar-refractivity contribution in [2.45, 2.75) is 45.1 Å². The van der Waals surface area contributed by atoms with Crippen molar-refractivity contribution in [2.24, 2.45) is 0 Å².